The normalized spacial score (nSPS) is 18.1. The van der Waals surface area contributed by atoms with E-state index in [4.69, 9.17) is 5.11 Å². The van der Waals surface area contributed by atoms with Crippen molar-refractivity contribution in [1.82, 2.24) is 4.90 Å². The number of carboxylic acids is 1. The number of piperidine rings is 1. The van der Waals surface area contributed by atoms with Crippen molar-refractivity contribution in [3.63, 3.8) is 0 Å². The summed E-state index contributed by atoms with van der Waals surface area (Å²) in [5.41, 5.74) is 0. The number of rotatable bonds is 4. The number of hydrogen-bond acceptors (Lipinski definition) is 4. The molecule has 0 saturated carbocycles. The Labute approximate surface area is 101 Å². The Morgan fingerprint density at radius 3 is 2.24 bits per heavy atom. The molecule has 1 aliphatic rings. The molecule has 0 aromatic heterocycles. The van der Waals surface area contributed by atoms with Crippen LogP contribution in [0.5, 0.6) is 0 Å². The van der Waals surface area contributed by atoms with Gasteiger partial charge in [-0.2, -0.15) is 0 Å². The van der Waals surface area contributed by atoms with Crippen molar-refractivity contribution < 1.29 is 23.1 Å². The van der Waals surface area contributed by atoms with E-state index in [1.807, 2.05) is 0 Å². The molecule has 0 aromatic rings. The second-order valence-electron chi connectivity index (χ2n) is 4.17. The SMILES string of the molecule is CCS(=O)(=O)CC(=O)N1CCC(C(=O)O)CC1. The fourth-order valence-electron chi connectivity index (χ4n) is 1.76. The predicted octanol–water partition coefficient (Wildman–Crippen LogP) is -0.256. The summed E-state index contributed by atoms with van der Waals surface area (Å²) in [5.74, 6) is -2.21. The highest BCUT2D eigenvalue weighted by Gasteiger charge is 2.28. The Kier molecular flexibility index (Phi) is 4.50. The van der Waals surface area contributed by atoms with E-state index < -0.39 is 33.4 Å². The van der Waals surface area contributed by atoms with Crippen molar-refractivity contribution in [3.8, 4) is 0 Å². The zero-order chi connectivity index (χ0) is 13.1. The maximum Gasteiger partial charge on any atom is 0.306 e. The lowest BCUT2D eigenvalue weighted by molar-refractivity contribution is -0.145. The Balaban J connectivity index is 2.49. The smallest absolute Gasteiger partial charge is 0.306 e. The molecule has 0 bridgehead atoms. The lowest BCUT2D eigenvalue weighted by atomic mass is 9.97. The van der Waals surface area contributed by atoms with Crippen molar-refractivity contribution in [2.24, 2.45) is 5.92 Å². The van der Waals surface area contributed by atoms with E-state index >= 15 is 0 Å². The average molecular weight is 263 g/mol. The van der Waals surface area contributed by atoms with Gasteiger partial charge in [0.15, 0.2) is 9.84 Å². The Hall–Kier alpha value is -1.11. The van der Waals surface area contributed by atoms with Crippen LogP contribution in [-0.4, -0.2) is 54.9 Å². The fourth-order valence-corrected chi connectivity index (χ4v) is 2.52. The van der Waals surface area contributed by atoms with E-state index in [-0.39, 0.29) is 5.75 Å². The number of amides is 1. The number of hydrogen-bond donors (Lipinski definition) is 1. The molecule has 98 valence electrons. The van der Waals surface area contributed by atoms with Gasteiger partial charge in [-0.05, 0) is 12.8 Å². The van der Waals surface area contributed by atoms with Gasteiger partial charge < -0.3 is 10.0 Å². The molecule has 0 spiro atoms. The van der Waals surface area contributed by atoms with Crippen LogP contribution in [0.3, 0.4) is 0 Å². The van der Waals surface area contributed by atoms with Crippen LogP contribution in [-0.2, 0) is 19.4 Å². The van der Waals surface area contributed by atoms with Crippen LogP contribution in [0.15, 0.2) is 0 Å². The molecule has 1 N–H and O–H groups in total. The highest BCUT2D eigenvalue weighted by molar-refractivity contribution is 7.92. The van der Waals surface area contributed by atoms with E-state index in [2.05, 4.69) is 0 Å². The quantitative estimate of drug-likeness (QED) is 0.754. The van der Waals surface area contributed by atoms with Crippen molar-refractivity contribution in [2.45, 2.75) is 19.8 Å². The zero-order valence-electron chi connectivity index (χ0n) is 9.76. The Bertz CT molecular complexity index is 395. The topological polar surface area (TPSA) is 91.8 Å². The van der Waals surface area contributed by atoms with E-state index in [0.29, 0.717) is 25.9 Å². The molecule has 1 heterocycles. The summed E-state index contributed by atoms with van der Waals surface area (Å²) in [5, 5.41) is 8.79. The van der Waals surface area contributed by atoms with Gasteiger partial charge in [0, 0.05) is 18.8 Å². The number of aliphatic carboxylic acids is 1. The van der Waals surface area contributed by atoms with Gasteiger partial charge in [-0.3, -0.25) is 9.59 Å². The third kappa shape index (κ3) is 3.99. The van der Waals surface area contributed by atoms with Crippen molar-refractivity contribution in [1.29, 1.82) is 0 Å². The van der Waals surface area contributed by atoms with Crippen LogP contribution >= 0.6 is 0 Å². The minimum Gasteiger partial charge on any atom is -0.481 e. The average Bonchev–Trinajstić information content (AvgIpc) is 2.28. The molecule has 1 aliphatic heterocycles. The van der Waals surface area contributed by atoms with Gasteiger partial charge >= 0.3 is 5.97 Å². The Morgan fingerprint density at radius 2 is 1.82 bits per heavy atom. The van der Waals surface area contributed by atoms with Crippen LogP contribution < -0.4 is 0 Å². The highest BCUT2D eigenvalue weighted by atomic mass is 32.2. The molecule has 17 heavy (non-hydrogen) atoms. The molecule has 0 atom stereocenters. The summed E-state index contributed by atoms with van der Waals surface area (Å²) >= 11 is 0. The molecule has 1 fully saturated rings. The molecule has 0 aromatic carbocycles. The van der Waals surface area contributed by atoms with Gasteiger partial charge in [-0.25, -0.2) is 8.42 Å². The van der Waals surface area contributed by atoms with Gasteiger partial charge in [-0.15, -0.1) is 0 Å². The summed E-state index contributed by atoms with van der Waals surface area (Å²) in [7, 11) is -3.31. The zero-order valence-corrected chi connectivity index (χ0v) is 10.6. The summed E-state index contributed by atoms with van der Waals surface area (Å²) < 4.78 is 22.6. The summed E-state index contributed by atoms with van der Waals surface area (Å²) in [4.78, 5) is 23.8. The first-order valence-corrected chi connectivity index (χ1v) is 7.39. The predicted molar refractivity (Wildman–Crippen MR) is 61.3 cm³/mol. The molecule has 6 nitrogen and oxygen atoms in total. The summed E-state index contributed by atoms with van der Waals surface area (Å²) in [6.07, 6.45) is 0.792. The van der Waals surface area contributed by atoms with Gasteiger partial charge in [0.2, 0.25) is 5.91 Å². The highest BCUT2D eigenvalue weighted by Crippen LogP contribution is 2.17. The van der Waals surface area contributed by atoms with Crippen LogP contribution in [0.25, 0.3) is 0 Å². The molecule has 7 heteroatoms. The first-order chi connectivity index (χ1) is 7.85. The lowest BCUT2D eigenvalue weighted by Gasteiger charge is -2.30. The Morgan fingerprint density at radius 1 is 1.29 bits per heavy atom. The van der Waals surface area contributed by atoms with E-state index in [0.717, 1.165) is 0 Å². The number of nitrogens with zero attached hydrogens (tertiary/aromatic N) is 1. The van der Waals surface area contributed by atoms with Gasteiger partial charge in [0.25, 0.3) is 0 Å². The number of carbonyl (C=O) groups excluding carboxylic acids is 1. The monoisotopic (exact) mass is 263 g/mol. The largest absolute Gasteiger partial charge is 0.481 e. The number of likely N-dealkylation sites (tertiary alicyclic amines) is 1. The van der Waals surface area contributed by atoms with Crippen LogP contribution in [0.4, 0.5) is 0 Å². The van der Waals surface area contributed by atoms with E-state index in [1.54, 1.807) is 0 Å². The molecule has 1 amide bonds. The van der Waals surface area contributed by atoms with Gasteiger partial charge in [0.1, 0.15) is 5.75 Å². The van der Waals surface area contributed by atoms with Gasteiger partial charge in [0.05, 0.1) is 5.92 Å². The lowest BCUT2D eigenvalue weighted by Crippen LogP contribution is -2.42. The van der Waals surface area contributed by atoms with E-state index in [9.17, 15) is 18.0 Å². The first-order valence-electron chi connectivity index (χ1n) is 5.56. The van der Waals surface area contributed by atoms with Crippen molar-refractivity contribution in [2.75, 3.05) is 24.6 Å². The van der Waals surface area contributed by atoms with Crippen LogP contribution in [0, 0.1) is 5.92 Å². The van der Waals surface area contributed by atoms with Crippen molar-refractivity contribution in [3.05, 3.63) is 0 Å². The second-order valence-corrected chi connectivity index (χ2v) is 6.52. The minimum absolute atomic E-state index is 0.0513. The molecular weight excluding hydrogens is 246 g/mol. The van der Waals surface area contributed by atoms with Gasteiger partial charge in [-0.1, -0.05) is 6.92 Å². The minimum atomic E-state index is -3.31. The fraction of sp³-hybridized carbons (Fsp3) is 0.800. The summed E-state index contributed by atoms with van der Waals surface area (Å²) in [6.45, 7) is 2.16. The third-order valence-electron chi connectivity index (χ3n) is 2.98. The van der Waals surface area contributed by atoms with Crippen LogP contribution in [0.1, 0.15) is 19.8 Å². The number of carbonyl (C=O) groups is 2. The van der Waals surface area contributed by atoms with Crippen molar-refractivity contribution >= 4 is 21.7 Å². The molecule has 0 aliphatic carbocycles. The summed E-state index contributed by atoms with van der Waals surface area (Å²) in [6, 6.07) is 0. The molecule has 0 radical (unpaired) electrons. The standard InChI is InChI=1S/C10H17NO5S/c1-2-17(15,16)7-9(12)11-5-3-8(4-6-11)10(13)14/h8H,2-7H2,1H3,(H,13,14). The maximum absolute atomic E-state index is 11.6. The number of carboxylic acid groups (broad SMARTS) is 1. The molecular formula is C10H17NO5S. The molecule has 1 saturated heterocycles. The van der Waals surface area contributed by atoms with Crippen LogP contribution in [0.2, 0.25) is 0 Å². The molecule has 0 unspecified atom stereocenters. The third-order valence-corrected chi connectivity index (χ3v) is 4.55. The maximum atomic E-state index is 11.6. The number of sulfone groups is 1. The second kappa shape index (κ2) is 5.48. The molecule has 1 rings (SSSR count). The first kappa shape index (κ1) is 14.0. The van der Waals surface area contributed by atoms with E-state index in [1.165, 1.54) is 11.8 Å².